The van der Waals surface area contributed by atoms with Gasteiger partial charge in [0.2, 0.25) is 0 Å². The Morgan fingerprint density at radius 2 is 0.680 bits per heavy atom. The third kappa shape index (κ3) is 4.05. The van der Waals surface area contributed by atoms with Gasteiger partial charge in [0.25, 0.3) is 0 Å². The van der Waals surface area contributed by atoms with E-state index in [0.717, 1.165) is 22.9 Å². The number of ether oxygens (including phenoxy) is 2. The van der Waals surface area contributed by atoms with Crippen LogP contribution in [0.3, 0.4) is 0 Å². The maximum Gasteiger partial charge on any atom is 0.123 e. The van der Waals surface area contributed by atoms with Crippen LogP contribution in [0.15, 0.2) is 131 Å². The molecule has 50 heavy (non-hydrogen) atoms. The van der Waals surface area contributed by atoms with E-state index < -0.39 is 0 Å². The number of rotatable bonds is 7. The van der Waals surface area contributed by atoms with Crippen molar-refractivity contribution >= 4 is 23.8 Å². The maximum absolute atomic E-state index is 6.29. The first-order valence-electron chi connectivity index (χ1n) is 17.8. The van der Waals surface area contributed by atoms with E-state index in [2.05, 4.69) is 135 Å². The molecule has 6 aromatic rings. The molecule has 0 heterocycles. The summed E-state index contributed by atoms with van der Waals surface area (Å²) in [6, 6.07) is 44.0. The van der Waals surface area contributed by atoms with Gasteiger partial charge in [0.15, 0.2) is 0 Å². The van der Waals surface area contributed by atoms with Crippen molar-refractivity contribution in [3.63, 3.8) is 0 Å². The van der Waals surface area contributed by atoms with Gasteiger partial charge in [-0.25, -0.2) is 0 Å². The van der Waals surface area contributed by atoms with E-state index in [-0.39, 0.29) is 23.7 Å². The van der Waals surface area contributed by atoms with Crippen LogP contribution in [0.2, 0.25) is 0 Å². The van der Waals surface area contributed by atoms with Crippen molar-refractivity contribution in [1.82, 2.24) is 0 Å². The average Bonchev–Trinajstić information content (AvgIpc) is 3.17. The lowest BCUT2D eigenvalue weighted by Gasteiger charge is -2.43. The molecule has 0 spiro atoms. The van der Waals surface area contributed by atoms with Crippen LogP contribution in [-0.2, 0) is 0 Å². The Bertz CT molecular complexity index is 2140. The lowest BCUT2D eigenvalue weighted by molar-refractivity contribution is 0.334. The van der Waals surface area contributed by atoms with Crippen LogP contribution in [0.5, 0.6) is 11.5 Å². The number of nitrogens with zero attached hydrogens (tertiary/aromatic N) is 2. The predicted molar refractivity (Wildman–Crippen MR) is 201 cm³/mol. The third-order valence-electron chi connectivity index (χ3n) is 11.2. The Kier molecular flexibility index (Phi) is 6.67. The first kappa shape index (κ1) is 29.2. The van der Waals surface area contributed by atoms with Crippen LogP contribution in [0, 0.1) is 0 Å². The second-order valence-electron chi connectivity index (χ2n) is 13.5. The number of aliphatic imine (C=N–C) groups is 2. The minimum absolute atomic E-state index is 0.0979. The zero-order valence-electron chi connectivity index (χ0n) is 28.1. The highest BCUT2D eigenvalue weighted by Crippen LogP contribution is 2.61. The molecule has 6 aliphatic carbocycles. The number of benzene rings is 6. The summed E-state index contributed by atoms with van der Waals surface area (Å²) >= 11 is 0. The average molecular weight is 649 g/mol. The summed E-state index contributed by atoms with van der Waals surface area (Å²) in [6.45, 7) is 5.35. The summed E-state index contributed by atoms with van der Waals surface area (Å²) in [6.07, 6.45) is 3.73. The third-order valence-corrected chi connectivity index (χ3v) is 11.2. The van der Waals surface area contributed by atoms with Gasteiger partial charge in [-0.3, -0.25) is 9.98 Å². The van der Waals surface area contributed by atoms with Crippen LogP contribution in [0.1, 0.15) is 104 Å². The van der Waals surface area contributed by atoms with Gasteiger partial charge in [-0.2, -0.15) is 0 Å². The Morgan fingerprint density at radius 1 is 0.400 bits per heavy atom. The summed E-state index contributed by atoms with van der Waals surface area (Å²) < 4.78 is 12.6. The Hall–Kier alpha value is -5.74. The summed E-state index contributed by atoms with van der Waals surface area (Å²) in [5.74, 6) is 2.33. The molecule has 0 saturated heterocycles. The lowest BCUT2D eigenvalue weighted by Crippen LogP contribution is -2.28. The fourth-order valence-electron chi connectivity index (χ4n) is 9.49. The lowest BCUT2D eigenvalue weighted by atomic mass is 9.60. The molecular weight excluding hydrogens is 613 g/mol. The predicted octanol–water partition coefficient (Wildman–Crippen LogP) is 10.6. The van der Waals surface area contributed by atoms with Gasteiger partial charge in [0, 0.05) is 47.2 Å². The zero-order chi connectivity index (χ0) is 33.3. The minimum Gasteiger partial charge on any atom is -0.494 e. The standard InChI is InChI=1S/C46H36N2O2/c1-3-49-37-23-21-35(43-39-27-13-5-9-17-31(27)41(45(37)43)32-18-10-6-14-28(32)39)47-25-26-48-36-22-24-38(50-4-2)46-42-33-19-11-7-15-29(33)40(44(36)46)30-16-8-12-20-34(30)42/h5-26,39-42H,3-4H2,1-2H3. The quantitative estimate of drug-likeness (QED) is 0.161. The van der Waals surface area contributed by atoms with E-state index in [1.807, 2.05) is 12.4 Å². The molecule has 0 aliphatic heterocycles. The molecule has 6 aliphatic rings. The van der Waals surface area contributed by atoms with Crippen molar-refractivity contribution in [2.45, 2.75) is 37.5 Å². The van der Waals surface area contributed by atoms with Gasteiger partial charge in [-0.1, -0.05) is 97.1 Å². The van der Waals surface area contributed by atoms with E-state index >= 15 is 0 Å². The molecule has 242 valence electrons. The molecule has 6 aromatic carbocycles. The normalized spacial score (nSPS) is 19.8. The first-order valence-corrected chi connectivity index (χ1v) is 17.8. The second kappa shape index (κ2) is 11.4. The highest BCUT2D eigenvalue weighted by molar-refractivity contribution is 6.17. The highest BCUT2D eigenvalue weighted by Gasteiger charge is 2.45. The molecule has 0 saturated carbocycles. The molecule has 4 heteroatoms. The van der Waals surface area contributed by atoms with Crippen LogP contribution >= 0.6 is 0 Å². The largest absolute Gasteiger partial charge is 0.494 e. The number of hydrogen-bond donors (Lipinski definition) is 0. The fraction of sp³-hybridized carbons (Fsp3) is 0.174. The summed E-state index contributed by atoms with van der Waals surface area (Å²) in [5.41, 5.74) is 17.8. The molecule has 4 nitrogen and oxygen atoms in total. The van der Waals surface area contributed by atoms with Gasteiger partial charge in [-0.15, -0.1) is 0 Å². The van der Waals surface area contributed by atoms with Crippen LogP contribution in [0.25, 0.3) is 0 Å². The second-order valence-corrected chi connectivity index (χ2v) is 13.5. The molecule has 12 rings (SSSR count). The van der Waals surface area contributed by atoms with E-state index in [4.69, 9.17) is 19.5 Å². The van der Waals surface area contributed by atoms with Crippen molar-refractivity contribution in [1.29, 1.82) is 0 Å². The van der Waals surface area contributed by atoms with Crippen molar-refractivity contribution in [2.24, 2.45) is 9.98 Å². The molecule has 4 bridgehead atoms. The molecule has 0 unspecified atom stereocenters. The van der Waals surface area contributed by atoms with E-state index in [0.29, 0.717) is 13.2 Å². The van der Waals surface area contributed by atoms with Crippen molar-refractivity contribution in [2.75, 3.05) is 13.2 Å². The van der Waals surface area contributed by atoms with Gasteiger partial charge < -0.3 is 9.47 Å². The molecular formula is C46H36N2O2. The Morgan fingerprint density at radius 3 is 0.960 bits per heavy atom. The maximum atomic E-state index is 6.29. The van der Waals surface area contributed by atoms with E-state index in [1.165, 1.54) is 66.8 Å². The number of hydrogen-bond acceptors (Lipinski definition) is 4. The topological polar surface area (TPSA) is 43.2 Å². The van der Waals surface area contributed by atoms with Crippen LogP contribution < -0.4 is 9.47 Å². The minimum atomic E-state index is 0.0979. The van der Waals surface area contributed by atoms with E-state index in [9.17, 15) is 0 Å². The van der Waals surface area contributed by atoms with Gasteiger partial charge >= 0.3 is 0 Å². The molecule has 0 amide bonds. The SMILES string of the molecule is CCOc1ccc(N=CC=Nc2ccc(OCC)c3c2C2c4ccccc4C3c3ccccc32)c2c1C1c3ccccc3C2c2ccccc21. The summed E-state index contributed by atoms with van der Waals surface area (Å²) in [5, 5.41) is 0. The van der Waals surface area contributed by atoms with Gasteiger partial charge in [0.1, 0.15) is 11.5 Å². The zero-order valence-corrected chi connectivity index (χ0v) is 28.1. The van der Waals surface area contributed by atoms with Crippen LogP contribution in [-0.4, -0.2) is 25.6 Å². The Balaban J connectivity index is 1.08. The molecule has 0 radical (unpaired) electrons. The molecule has 0 fully saturated rings. The van der Waals surface area contributed by atoms with Gasteiger partial charge in [0.05, 0.1) is 24.6 Å². The Labute approximate surface area is 292 Å². The van der Waals surface area contributed by atoms with Crippen LogP contribution in [0.4, 0.5) is 11.4 Å². The summed E-state index contributed by atoms with van der Waals surface area (Å²) in [4.78, 5) is 10.2. The summed E-state index contributed by atoms with van der Waals surface area (Å²) in [7, 11) is 0. The highest BCUT2D eigenvalue weighted by atomic mass is 16.5. The monoisotopic (exact) mass is 648 g/mol. The first-order chi connectivity index (χ1) is 24.8. The molecule has 0 atom stereocenters. The molecule has 0 aromatic heterocycles. The molecule has 0 N–H and O–H groups in total. The van der Waals surface area contributed by atoms with Crippen molar-refractivity contribution in [3.05, 3.63) is 188 Å². The van der Waals surface area contributed by atoms with Crippen molar-refractivity contribution < 1.29 is 9.47 Å². The van der Waals surface area contributed by atoms with E-state index in [1.54, 1.807) is 0 Å². The van der Waals surface area contributed by atoms with Crippen molar-refractivity contribution in [3.8, 4) is 11.5 Å². The smallest absolute Gasteiger partial charge is 0.123 e. The van der Waals surface area contributed by atoms with Gasteiger partial charge in [-0.05, 0) is 93.7 Å². The fourth-order valence-corrected chi connectivity index (χ4v) is 9.49.